The highest BCUT2D eigenvalue weighted by molar-refractivity contribution is 7.07. The van der Waals surface area contributed by atoms with E-state index in [9.17, 15) is 0 Å². The van der Waals surface area contributed by atoms with E-state index in [1.54, 1.807) is 11.3 Å². The monoisotopic (exact) mass is 197 g/mol. The van der Waals surface area contributed by atoms with Gasteiger partial charge in [-0.25, -0.2) is 0 Å². The Morgan fingerprint density at radius 2 is 2.23 bits per heavy atom. The normalized spacial score (nSPS) is 15.6. The van der Waals surface area contributed by atoms with E-state index in [0.717, 1.165) is 12.5 Å². The van der Waals surface area contributed by atoms with Crippen LogP contribution in [0.2, 0.25) is 0 Å². The van der Waals surface area contributed by atoms with Crippen LogP contribution in [0.15, 0.2) is 16.8 Å². The van der Waals surface area contributed by atoms with Crippen LogP contribution in [0.3, 0.4) is 0 Å². The summed E-state index contributed by atoms with van der Waals surface area (Å²) >= 11 is 1.79. The first-order valence-electron chi connectivity index (χ1n) is 4.98. The Balaban J connectivity index is 2.36. The molecule has 1 heterocycles. The van der Waals surface area contributed by atoms with E-state index in [2.05, 4.69) is 42.9 Å². The van der Waals surface area contributed by atoms with E-state index < -0.39 is 0 Å². The van der Waals surface area contributed by atoms with E-state index in [4.69, 9.17) is 0 Å². The summed E-state index contributed by atoms with van der Waals surface area (Å²) in [5.74, 6) is 0.717. The van der Waals surface area contributed by atoms with Gasteiger partial charge < -0.3 is 5.32 Å². The molecule has 2 atom stereocenters. The van der Waals surface area contributed by atoms with Crippen molar-refractivity contribution in [3.63, 3.8) is 0 Å². The maximum absolute atomic E-state index is 3.46. The van der Waals surface area contributed by atoms with Gasteiger partial charge in [0.1, 0.15) is 0 Å². The SMILES string of the molecule is CCNC(C)C(C)Cc1ccsc1. The Kier molecular flexibility index (Phi) is 4.46. The molecule has 0 aliphatic heterocycles. The molecule has 2 heteroatoms. The molecule has 0 fully saturated rings. The Morgan fingerprint density at radius 1 is 1.46 bits per heavy atom. The average molecular weight is 197 g/mol. The fraction of sp³-hybridized carbons (Fsp3) is 0.636. The van der Waals surface area contributed by atoms with Crippen LogP contribution >= 0.6 is 11.3 Å². The molecular formula is C11H19NS. The number of rotatable bonds is 5. The summed E-state index contributed by atoms with van der Waals surface area (Å²) in [6, 6.07) is 2.84. The summed E-state index contributed by atoms with van der Waals surface area (Å²) in [6.45, 7) is 7.80. The van der Waals surface area contributed by atoms with Gasteiger partial charge in [-0.15, -0.1) is 0 Å². The molecule has 1 aromatic rings. The van der Waals surface area contributed by atoms with Crippen molar-refractivity contribution in [3.8, 4) is 0 Å². The predicted molar refractivity (Wildman–Crippen MR) is 60.3 cm³/mol. The quantitative estimate of drug-likeness (QED) is 0.765. The maximum atomic E-state index is 3.46. The molecule has 1 N–H and O–H groups in total. The molecule has 0 aromatic carbocycles. The lowest BCUT2D eigenvalue weighted by molar-refractivity contribution is 0.406. The first kappa shape index (κ1) is 10.7. The first-order chi connectivity index (χ1) is 6.24. The van der Waals surface area contributed by atoms with Crippen molar-refractivity contribution in [2.45, 2.75) is 33.2 Å². The highest BCUT2D eigenvalue weighted by Gasteiger charge is 2.11. The number of thiophene rings is 1. The highest BCUT2D eigenvalue weighted by atomic mass is 32.1. The second kappa shape index (κ2) is 5.40. The standard InChI is InChI=1S/C11H19NS/c1-4-12-10(3)9(2)7-11-5-6-13-8-11/h5-6,8-10,12H,4,7H2,1-3H3. The lowest BCUT2D eigenvalue weighted by Gasteiger charge is -2.19. The van der Waals surface area contributed by atoms with Gasteiger partial charge in [0.2, 0.25) is 0 Å². The molecule has 74 valence electrons. The number of nitrogens with one attached hydrogen (secondary N) is 1. The number of hydrogen-bond acceptors (Lipinski definition) is 2. The van der Waals surface area contributed by atoms with E-state index in [0.29, 0.717) is 6.04 Å². The fourth-order valence-corrected chi connectivity index (χ4v) is 2.16. The zero-order valence-corrected chi connectivity index (χ0v) is 9.53. The van der Waals surface area contributed by atoms with Crippen molar-refractivity contribution in [2.75, 3.05) is 6.54 Å². The van der Waals surface area contributed by atoms with E-state index in [1.165, 1.54) is 12.0 Å². The maximum Gasteiger partial charge on any atom is 0.00674 e. The minimum Gasteiger partial charge on any atom is -0.314 e. The van der Waals surface area contributed by atoms with Gasteiger partial charge in [0.15, 0.2) is 0 Å². The average Bonchev–Trinajstić information content (AvgIpc) is 2.57. The van der Waals surface area contributed by atoms with Crippen LogP contribution in [-0.2, 0) is 6.42 Å². The summed E-state index contributed by atoms with van der Waals surface area (Å²) in [6.07, 6.45) is 1.19. The van der Waals surface area contributed by atoms with Crippen LogP contribution < -0.4 is 5.32 Å². The second-order valence-electron chi connectivity index (χ2n) is 3.66. The Morgan fingerprint density at radius 3 is 2.77 bits per heavy atom. The largest absolute Gasteiger partial charge is 0.314 e. The van der Waals surface area contributed by atoms with Crippen molar-refractivity contribution in [3.05, 3.63) is 22.4 Å². The molecule has 13 heavy (non-hydrogen) atoms. The highest BCUT2D eigenvalue weighted by Crippen LogP contribution is 2.14. The third kappa shape index (κ3) is 3.49. The van der Waals surface area contributed by atoms with Crippen LogP contribution in [0.4, 0.5) is 0 Å². The Hall–Kier alpha value is -0.340. The van der Waals surface area contributed by atoms with Crippen molar-refractivity contribution in [2.24, 2.45) is 5.92 Å². The van der Waals surface area contributed by atoms with Gasteiger partial charge in [-0.3, -0.25) is 0 Å². The third-order valence-corrected chi connectivity index (χ3v) is 3.25. The Bertz CT molecular complexity index is 218. The summed E-state index contributed by atoms with van der Waals surface area (Å²) in [5, 5.41) is 7.86. The first-order valence-corrected chi connectivity index (χ1v) is 5.92. The van der Waals surface area contributed by atoms with Gasteiger partial charge >= 0.3 is 0 Å². The van der Waals surface area contributed by atoms with Gasteiger partial charge in [-0.1, -0.05) is 13.8 Å². The smallest absolute Gasteiger partial charge is 0.00674 e. The molecule has 1 rings (SSSR count). The van der Waals surface area contributed by atoms with Crippen molar-refractivity contribution >= 4 is 11.3 Å². The lowest BCUT2D eigenvalue weighted by Crippen LogP contribution is -2.32. The lowest BCUT2D eigenvalue weighted by atomic mass is 9.96. The molecule has 0 saturated carbocycles. The summed E-state index contributed by atoms with van der Waals surface area (Å²) in [4.78, 5) is 0. The molecule has 0 aliphatic carbocycles. The number of hydrogen-bond donors (Lipinski definition) is 1. The van der Waals surface area contributed by atoms with Gasteiger partial charge in [0.25, 0.3) is 0 Å². The van der Waals surface area contributed by atoms with Crippen molar-refractivity contribution < 1.29 is 0 Å². The molecule has 0 aliphatic rings. The van der Waals surface area contributed by atoms with Crippen LogP contribution in [0.1, 0.15) is 26.3 Å². The van der Waals surface area contributed by atoms with Crippen molar-refractivity contribution in [1.82, 2.24) is 5.32 Å². The molecule has 0 bridgehead atoms. The van der Waals surface area contributed by atoms with Gasteiger partial charge in [-0.2, -0.15) is 11.3 Å². The van der Waals surface area contributed by atoms with E-state index in [-0.39, 0.29) is 0 Å². The van der Waals surface area contributed by atoms with Crippen molar-refractivity contribution in [1.29, 1.82) is 0 Å². The van der Waals surface area contributed by atoms with Gasteiger partial charge in [0.05, 0.1) is 0 Å². The second-order valence-corrected chi connectivity index (χ2v) is 4.44. The summed E-state index contributed by atoms with van der Waals surface area (Å²) < 4.78 is 0. The van der Waals surface area contributed by atoms with Crippen LogP contribution in [0, 0.1) is 5.92 Å². The van der Waals surface area contributed by atoms with E-state index in [1.807, 2.05) is 0 Å². The zero-order valence-electron chi connectivity index (χ0n) is 8.71. The van der Waals surface area contributed by atoms with E-state index >= 15 is 0 Å². The molecule has 1 nitrogen and oxygen atoms in total. The Labute approximate surface area is 85.2 Å². The van der Waals surface area contributed by atoms with Crippen LogP contribution in [-0.4, -0.2) is 12.6 Å². The molecule has 0 radical (unpaired) electrons. The molecule has 0 saturated heterocycles. The summed E-state index contributed by atoms with van der Waals surface area (Å²) in [7, 11) is 0. The topological polar surface area (TPSA) is 12.0 Å². The predicted octanol–water partition coefficient (Wildman–Crippen LogP) is 2.92. The van der Waals surface area contributed by atoms with Crippen LogP contribution in [0.5, 0.6) is 0 Å². The fourth-order valence-electron chi connectivity index (χ4n) is 1.48. The van der Waals surface area contributed by atoms with Gasteiger partial charge in [-0.05, 0) is 48.2 Å². The zero-order chi connectivity index (χ0) is 9.68. The van der Waals surface area contributed by atoms with Gasteiger partial charge in [0, 0.05) is 6.04 Å². The molecule has 1 aromatic heterocycles. The summed E-state index contributed by atoms with van der Waals surface area (Å²) in [5.41, 5.74) is 1.47. The minimum absolute atomic E-state index is 0.616. The van der Waals surface area contributed by atoms with Crippen LogP contribution in [0.25, 0.3) is 0 Å². The molecule has 0 spiro atoms. The molecule has 0 amide bonds. The molecular weight excluding hydrogens is 178 g/mol. The minimum atomic E-state index is 0.616. The molecule has 2 unspecified atom stereocenters. The third-order valence-electron chi connectivity index (χ3n) is 2.52.